The Labute approximate surface area is 145 Å². The summed E-state index contributed by atoms with van der Waals surface area (Å²) >= 11 is 0. The van der Waals surface area contributed by atoms with Gasteiger partial charge < -0.3 is 4.74 Å². The van der Waals surface area contributed by atoms with E-state index in [1.165, 1.54) is 26.4 Å². The maximum absolute atomic E-state index is 12.6. The fraction of sp³-hybridized carbons (Fsp3) is 0.810. The summed E-state index contributed by atoms with van der Waals surface area (Å²) in [5, 5.41) is 0. The summed E-state index contributed by atoms with van der Waals surface area (Å²) in [4.78, 5) is 24.1. The summed E-state index contributed by atoms with van der Waals surface area (Å²) < 4.78 is 5.22. The Morgan fingerprint density at radius 2 is 1.92 bits per heavy atom. The van der Waals surface area contributed by atoms with Crippen molar-refractivity contribution in [3.8, 4) is 0 Å². The number of ether oxygens (including phenoxy) is 1. The van der Waals surface area contributed by atoms with Crippen molar-refractivity contribution in [2.75, 3.05) is 7.11 Å². The molecule has 6 atom stereocenters. The van der Waals surface area contributed by atoms with Crippen LogP contribution >= 0.6 is 0 Å². The van der Waals surface area contributed by atoms with Crippen LogP contribution < -0.4 is 0 Å². The number of aldehydes is 1. The van der Waals surface area contributed by atoms with E-state index in [4.69, 9.17) is 4.74 Å². The zero-order valence-corrected chi connectivity index (χ0v) is 15.3. The van der Waals surface area contributed by atoms with Gasteiger partial charge in [-0.1, -0.05) is 19.4 Å². The van der Waals surface area contributed by atoms with Crippen molar-refractivity contribution in [3.63, 3.8) is 0 Å². The summed E-state index contributed by atoms with van der Waals surface area (Å²) in [7, 11) is 1.53. The molecule has 6 unspecified atom stereocenters. The van der Waals surface area contributed by atoms with Crippen molar-refractivity contribution < 1.29 is 14.3 Å². The molecule has 3 nitrogen and oxygen atoms in total. The van der Waals surface area contributed by atoms with Crippen LogP contribution in [-0.2, 0) is 14.3 Å². The molecule has 3 saturated carbocycles. The Balaban J connectivity index is 1.76. The first-order chi connectivity index (χ1) is 11.4. The first-order valence-corrected chi connectivity index (χ1v) is 9.66. The second-order valence-corrected chi connectivity index (χ2v) is 9.38. The zero-order valence-electron chi connectivity index (χ0n) is 15.3. The summed E-state index contributed by atoms with van der Waals surface area (Å²) in [6, 6.07) is 0. The predicted octanol–water partition coefficient (Wildman–Crippen LogP) is 4.31. The second kappa shape index (κ2) is 5.19. The molecule has 24 heavy (non-hydrogen) atoms. The van der Waals surface area contributed by atoms with Crippen LogP contribution in [0, 0.1) is 34.0 Å². The third kappa shape index (κ3) is 1.90. The van der Waals surface area contributed by atoms with Gasteiger partial charge in [-0.25, -0.2) is 0 Å². The highest BCUT2D eigenvalue weighted by molar-refractivity contribution is 5.77. The van der Waals surface area contributed by atoms with Crippen LogP contribution in [0.1, 0.15) is 65.2 Å². The molecule has 0 heterocycles. The van der Waals surface area contributed by atoms with Crippen LogP contribution in [0.5, 0.6) is 0 Å². The van der Waals surface area contributed by atoms with Crippen LogP contribution in [0.25, 0.3) is 0 Å². The summed E-state index contributed by atoms with van der Waals surface area (Å²) in [5.74, 6) is 1.47. The number of hydrogen-bond acceptors (Lipinski definition) is 3. The smallest absolute Gasteiger partial charge is 0.311 e. The van der Waals surface area contributed by atoms with Gasteiger partial charge in [0.25, 0.3) is 0 Å². The monoisotopic (exact) mass is 330 g/mol. The molecule has 0 saturated heterocycles. The van der Waals surface area contributed by atoms with Gasteiger partial charge >= 0.3 is 5.97 Å². The minimum absolute atomic E-state index is 0.0144. The Bertz CT molecular complexity index is 608. The zero-order chi connectivity index (χ0) is 17.2. The Hall–Kier alpha value is -1.12. The first kappa shape index (κ1) is 16.4. The van der Waals surface area contributed by atoms with E-state index in [9.17, 15) is 9.59 Å². The topological polar surface area (TPSA) is 43.4 Å². The molecule has 0 aromatic heterocycles. The van der Waals surface area contributed by atoms with E-state index < -0.39 is 0 Å². The SMILES string of the molecule is COC(=O)C1(C)CCCC2(C)C3CC4CCC3(C=C4C=O)CCC12. The molecule has 0 radical (unpaired) electrons. The Kier molecular flexibility index (Phi) is 3.54. The van der Waals surface area contributed by atoms with Gasteiger partial charge in [-0.05, 0) is 86.0 Å². The lowest BCUT2D eigenvalue weighted by Gasteiger charge is -2.66. The summed E-state index contributed by atoms with van der Waals surface area (Å²) in [5.41, 5.74) is 1.14. The minimum atomic E-state index is -0.336. The van der Waals surface area contributed by atoms with Crippen molar-refractivity contribution >= 4 is 12.3 Å². The maximum atomic E-state index is 12.6. The van der Waals surface area contributed by atoms with Gasteiger partial charge in [0.05, 0.1) is 12.5 Å². The van der Waals surface area contributed by atoms with E-state index in [0.717, 1.165) is 44.0 Å². The molecule has 5 rings (SSSR count). The molecule has 0 N–H and O–H groups in total. The van der Waals surface area contributed by atoms with Crippen molar-refractivity contribution in [1.82, 2.24) is 0 Å². The van der Waals surface area contributed by atoms with E-state index >= 15 is 0 Å². The number of methoxy groups -OCH3 is 1. The number of carbonyl (C=O) groups excluding carboxylic acids is 2. The van der Waals surface area contributed by atoms with Crippen molar-refractivity contribution in [2.45, 2.75) is 65.2 Å². The van der Waals surface area contributed by atoms with Gasteiger partial charge in [0, 0.05) is 0 Å². The molecule has 3 fully saturated rings. The molecule has 0 amide bonds. The fourth-order valence-electron chi connectivity index (χ4n) is 7.48. The Morgan fingerprint density at radius 3 is 2.62 bits per heavy atom. The highest BCUT2D eigenvalue weighted by atomic mass is 16.5. The average molecular weight is 330 g/mol. The number of hydrogen-bond donors (Lipinski definition) is 0. The van der Waals surface area contributed by atoms with E-state index in [2.05, 4.69) is 19.9 Å². The minimum Gasteiger partial charge on any atom is -0.469 e. The van der Waals surface area contributed by atoms with E-state index in [1.807, 2.05) is 0 Å². The van der Waals surface area contributed by atoms with Crippen molar-refractivity contribution in [1.29, 1.82) is 0 Å². The lowest BCUT2D eigenvalue weighted by Crippen LogP contribution is -2.60. The normalized spacial score (nSPS) is 49.6. The van der Waals surface area contributed by atoms with E-state index in [-0.39, 0.29) is 22.2 Å². The van der Waals surface area contributed by atoms with Crippen molar-refractivity contribution in [2.24, 2.45) is 34.0 Å². The molecular weight excluding hydrogens is 300 g/mol. The second-order valence-electron chi connectivity index (χ2n) is 9.38. The molecule has 0 aromatic rings. The van der Waals surface area contributed by atoms with Crippen LogP contribution in [0.15, 0.2) is 11.6 Å². The number of rotatable bonds is 2. The molecule has 5 aliphatic carbocycles. The van der Waals surface area contributed by atoms with Crippen LogP contribution in [0.2, 0.25) is 0 Å². The van der Waals surface area contributed by atoms with E-state index in [1.54, 1.807) is 0 Å². The highest BCUT2D eigenvalue weighted by Gasteiger charge is 2.64. The third-order valence-corrected chi connectivity index (χ3v) is 8.56. The maximum Gasteiger partial charge on any atom is 0.311 e. The summed E-state index contributed by atoms with van der Waals surface area (Å²) in [6.07, 6.45) is 12.5. The molecule has 2 bridgehead atoms. The largest absolute Gasteiger partial charge is 0.469 e. The van der Waals surface area contributed by atoms with Gasteiger partial charge in [0.2, 0.25) is 0 Å². The molecule has 0 aliphatic heterocycles. The first-order valence-electron chi connectivity index (χ1n) is 9.66. The highest BCUT2D eigenvalue weighted by Crippen LogP contribution is 2.70. The summed E-state index contributed by atoms with van der Waals surface area (Å²) in [6.45, 7) is 4.59. The number of carbonyl (C=O) groups is 2. The third-order valence-electron chi connectivity index (χ3n) is 8.56. The van der Waals surface area contributed by atoms with Crippen LogP contribution in [-0.4, -0.2) is 19.4 Å². The molecule has 132 valence electrons. The Morgan fingerprint density at radius 1 is 1.17 bits per heavy atom. The number of fused-ring (bicyclic) bond motifs is 2. The molecule has 3 heteroatoms. The van der Waals surface area contributed by atoms with Gasteiger partial charge in [-0.3, -0.25) is 9.59 Å². The lowest BCUT2D eigenvalue weighted by atomic mass is 9.38. The molecule has 5 aliphatic rings. The van der Waals surface area contributed by atoms with Gasteiger partial charge in [0.15, 0.2) is 0 Å². The van der Waals surface area contributed by atoms with Crippen molar-refractivity contribution in [3.05, 3.63) is 11.6 Å². The number of allylic oxidation sites excluding steroid dienone is 2. The lowest BCUT2D eigenvalue weighted by molar-refractivity contribution is -0.183. The number of esters is 1. The van der Waals surface area contributed by atoms with Crippen LogP contribution in [0.3, 0.4) is 0 Å². The van der Waals surface area contributed by atoms with Gasteiger partial charge in [-0.15, -0.1) is 0 Å². The fourth-order valence-corrected chi connectivity index (χ4v) is 7.48. The quantitative estimate of drug-likeness (QED) is 0.560. The standard InChI is InChI=1S/C21H30O3/c1-19-7-4-8-20(2,18(23)24-3)16(19)6-10-21-9-5-14(11-17(19)21)15(12-21)13-22/h12-14,16-17H,4-11H2,1-3H3. The predicted molar refractivity (Wildman–Crippen MR) is 92.2 cm³/mol. The van der Waals surface area contributed by atoms with E-state index in [0.29, 0.717) is 17.8 Å². The molecular formula is C21H30O3. The molecule has 0 aromatic carbocycles. The van der Waals surface area contributed by atoms with Gasteiger partial charge in [-0.2, -0.15) is 0 Å². The van der Waals surface area contributed by atoms with Crippen LogP contribution in [0.4, 0.5) is 0 Å². The van der Waals surface area contributed by atoms with Gasteiger partial charge in [0.1, 0.15) is 6.29 Å². The molecule has 1 spiro atoms. The average Bonchev–Trinajstić information content (AvgIpc) is 2.60.